The molecular formula is C10H17N3S. The predicted molar refractivity (Wildman–Crippen MR) is 61.8 cm³/mol. The molecule has 0 spiro atoms. The second-order valence-corrected chi connectivity index (χ2v) is 5.01. The number of anilines is 1. The molecule has 0 saturated heterocycles. The van der Waals surface area contributed by atoms with Crippen molar-refractivity contribution in [1.82, 2.24) is 9.55 Å². The predicted octanol–water partition coefficient (Wildman–Crippen LogP) is 2.12. The van der Waals surface area contributed by atoms with E-state index in [9.17, 15) is 0 Å². The minimum Gasteiger partial charge on any atom is -0.353 e. The number of aryl methyl sites for hydroxylation is 1. The molecule has 2 unspecified atom stereocenters. The Hall–Kier alpha value is -0.640. The molecule has 2 atom stereocenters. The van der Waals surface area contributed by atoms with E-state index in [0.29, 0.717) is 6.04 Å². The molecule has 1 fully saturated rings. The van der Waals surface area contributed by atoms with Crippen molar-refractivity contribution in [2.75, 3.05) is 11.6 Å². The van der Waals surface area contributed by atoms with Crippen molar-refractivity contribution in [3.8, 4) is 0 Å². The second-order valence-electron chi connectivity index (χ2n) is 3.87. The van der Waals surface area contributed by atoms with Gasteiger partial charge in [-0.15, -0.1) is 0 Å². The molecule has 0 bridgehead atoms. The van der Waals surface area contributed by atoms with Crippen LogP contribution in [0.4, 0.5) is 5.95 Å². The molecule has 14 heavy (non-hydrogen) atoms. The lowest BCUT2D eigenvalue weighted by Gasteiger charge is -2.13. The third-order valence-corrected chi connectivity index (χ3v) is 3.97. The first kappa shape index (κ1) is 9.90. The van der Waals surface area contributed by atoms with Crippen LogP contribution in [0, 0.1) is 0 Å². The Bertz CT molecular complexity index is 297. The van der Waals surface area contributed by atoms with Crippen LogP contribution in [0.2, 0.25) is 0 Å². The molecule has 0 aromatic carbocycles. The highest BCUT2D eigenvalue weighted by atomic mass is 32.2. The molecule has 1 aromatic heterocycles. The Kier molecular flexibility index (Phi) is 3.01. The van der Waals surface area contributed by atoms with E-state index in [1.165, 1.54) is 19.3 Å². The van der Waals surface area contributed by atoms with Crippen molar-refractivity contribution in [2.24, 2.45) is 7.05 Å². The van der Waals surface area contributed by atoms with Crippen LogP contribution < -0.4 is 5.32 Å². The molecule has 3 nitrogen and oxygen atoms in total. The van der Waals surface area contributed by atoms with Crippen molar-refractivity contribution in [3.05, 3.63) is 12.4 Å². The number of hydrogen-bond acceptors (Lipinski definition) is 3. The van der Waals surface area contributed by atoms with Gasteiger partial charge in [-0.2, -0.15) is 11.8 Å². The smallest absolute Gasteiger partial charge is 0.202 e. The van der Waals surface area contributed by atoms with Gasteiger partial charge in [0.05, 0.1) is 0 Å². The van der Waals surface area contributed by atoms with Gasteiger partial charge in [0.25, 0.3) is 0 Å². The van der Waals surface area contributed by atoms with E-state index >= 15 is 0 Å². The van der Waals surface area contributed by atoms with Crippen LogP contribution in [0.5, 0.6) is 0 Å². The fourth-order valence-electron chi connectivity index (χ4n) is 1.97. The maximum atomic E-state index is 4.28. The number of hydrogen-bond donors (Lipinski definition) is 1. The highest BCUT2D eigenvalue weighted by molar-refractivity contribution is 7.99. The summed E-state index contributed by atoms with van der Waals surface area (Å²) in [5.74, 6) is 0.997. The molecule has 0 radical (unpaired) electrons. The molecule has 2 rings (SSSR count). The first-order valence-electron chi connectivity index (χ1n) is 5.06. The quantitative estimate of drug-likeness (QED) is 0.830. The van der Waals surface area contributed by atoms with E-state index in [4.69, 9.17) is 0 Å². The zero-order chi connectivity index (χ0) is 9.97. The van der Waals surface area contributed by atoms with Gasteiger partial charge in [0.2, 0.25) is 5.95 Å². The van der Waals surface area contributed by atoms with E-state index in [2.05, 4.69) is 16.6 Å². The first-order valence-corrected chi connectivity index (χ1v) is 6.35. The summed E-state index contributed by atoms with van der Waals surface area (Å²) in [6.07, 6.45) is 9.90. The molecule has 78 valence electrons. The van der Waals surface area contributed by atoms with Gasteiger partial charge in [0, 0.05) is 30.7 Å². The Morgan fingerprint density at radius 3 is 3.00 bits per heavy atom. The van der Waals surface area contributed by atoms with Gasteiger partial charge in [-0.3, -0.25) is 0 Å². The lowest BCUT2D eigenvalue weighted by Crippen LogP contribution is -2.18. The molecule has 0 aliphatic heterocycles. The summed E-state index contributed by atoms with van der Waals surface area (Å²) in [7, 11) is 2.02. The number of nitrogens with one attached hydrogen (secondary N) is 1. The summed E-state index contributed by atoms with van der Waals surface area (Å²) in [6, 6.07) is 0.619. The van der Waals surface area contributed by atoms with Gasteiger partial charge in [0.1, 0.15) is 0 Å². The minimum absolute atomic E-state index is 0.619. The van der Waals surface area contributed by atoms with Crippen LogP contribution in [0.1, 0.15) is 19.3 Å². The topological polar surface area (TPSA) is 29.9 Å². The van der Waals surface area contributed by atoms with Gasteiger partial charge >= 0.3 is 0 Å². The van der Waals surface area contributed by atoms with Crippen molar-refractivity contribution in [2.45, 2.75) is 30.6 Å². The van der Waals surface area contributed by atoms with Crippen LogP contribution in [0.3, 0.4) is 0 Å². The Morgan fingerprint density at radius 2 is 2.43 bits per heavy atom. The van der Waals surface area contributed by atoms with Crippen LogP contribution >= 0.6 is 11.8 Å². The summed E-state index contributed by atoms with van der Waals surface area (Å²) in [5.41, 5.74) is 0. The molecule has 1 aliphatic rings. The van der Waals surface area contributed by atoms with E-state index in [1.54, 1.807) is 0 Å². The van der Waals surface area contributed by atoms with Gasteiger partial charge in [-0.25, -0.2) is 4.98 Å². The summed E-state index contributed by atoms with van der Waals surface area (Å²) in [6.45, 7) is 0. The summed E-state index contributed by atoms with van der Waals surface area (Å²) in [4.78, 5) is 4.28. The van der Waals surface area contributed by atoms with Crippen molar-refractivity contribution in [1.29, 1.82) is 0 Å². The van der Waals surface area contributed by atoms with Crippen molar-refractivity contribution in [3.63, 3.8) is 0 Å². The van der Waals surface area contributed by atoms with Gasteiger partial charge < -0.3 is 9.88 Å². The highest BCUT2D eigenvalue weighted by Crippen LogP contribution is 2.29. The standard InChI is InChI=1S/C10H17N3S/c1-13-6-5-11-10(13)12-8-3-4-9(7-8)14-2/h5-6,8-9H,3-4,7H2,1-2H3,(H,11,12). The number of aromatic nitrogens is 2. The monoisotopic (exact) mass is 211 g/mol. The van der Waals surface area contributed by atoms with Crippen LogP contribution in [0.15, 0.2) is 12.4 Å². The third kappa shape index (κ3) is 2.05. The van der Waals surface area contributed by atoms with Crippen LogP contribution in [-0.2, 0) is 7.05 Å². The van der Waals surface area contributed by atoms with Gasteiger partial charge in [-0.05, 0) is 25.5 Å². The molecule has 1 aliphatic carbocycles. The zero-order valence-corrected chi connectivity index (χ0v) is 9.55. The lowest BCUT2D eigenvalue weighted by atomic mass is 10.2. The van der Waals surface area contributed by atoms with E-state index < -0.39 is 0 Å². The summed E-state index contributed by atoms with van der Waals surface area (Å²) in [5, 5.41) is 4.33. The third-order valence-electron chi connectivity index (χ3n) is 2.87. The van der Waals surface area contributed by atoms with Gasteiger partial charge in [0.15, 0.2) is 0 Å². The number of imidazole rings is 1. The molecule has 4 heteroatoms. The minimum atomic E-state index is 0.619. The molecule has 1 saturated carbocycles. The number of rotatable bonds is 3. The number of thioether (sulfide) groups is 1. The van der Waals surface area contributed by atoms with E-state index in [1.807, 2.05) is 35.8 Å². The van der Waals surface area contributed by atoms with E-state index in [-0.39, 0.29) is 0 Å². The second kappa shape index (κ2) is 4.26. The van der Waals surface area contributed by atoms with E-state index in [0.717, 1.165) is 11.2 Å². The SMILES string of the molecule is CSC1CCC(Nc2nccn2C)C1. The Labute approximate surface area is 89.3 Å². The zero-order valence-electron chi connectivity index (χ0n) is 8.73. The number of nitrogens with zero attached hydrogens (tertiary/aromatic N) is 2. The normalized spacial score (nSPS) is 26.7. The molecule has 1 N–H and O–H groups in total. The average molecular weight is 211 g/mol. The maximum Gasteiger partial charge on any atom is 0.202 e. The first-order chi connectivity index (χ1) is 6.79. The van der Waals surface area contributed by atoms with Crippen LogP contribution in [0.25, 0.3) is 0 Å². The largest absolute Gasteiger partial charge is 0.353 e. The van der Waals surface area contributed by atoms with Gasteiger partial charge in [-0.1, -0.05) is 0 Å². The summed E-state index contributed by atoms with van der Waals surface area (Å²) >= 11 is 1.99. The van der Waals surface area contributed by atoms with Crippen molar-refractivity contribution >= 4 is 17.7 Å². The van der Waals surface area contributed by atoms with Crippen LogP contribution in [-0.4, -0.2) is 27.1 Å². The van der Waals surface area contributed by atoms with Crippen molar-refractivity contribution < 1.29 is 0 Å². The fourth-order valence-corrected chi connectivity index (χ4v) is 2.77. The maximum absolute atomic E-state index is 4.28. The molecule has 1 aromatic rings. The molecule has 1 heterocycles. The highest BCUT2D eigenvalue weighted by Gasteiger charge is 2.24. The Morgan fingerprint density at radius 1 is 1.57 bits per heavy atom. The lowest BCUT2D eigenvalue weighted by molar-refractivity contribution is 0.733. The summed E-state index contributed by atoms with van der Waals surface area (Å²) < 4.78 is 2.03. The fraction of sp³-hybridized carbons (Fsp3) is 0.700. The molecule has 0 amide bonds. The molecular weight excluding hydrogens is 194 g/mol. The Balaban J connectivity index is 1.90. The average Bonchev–Trinajstić information content (AvgIpc) is 2.77.